The van der Waals surface area contributed by atoms with Crippen molar-refractivity contribution in [3.63, 3.8) is 0 Å². The van der Waals surface area contributed by atoms with Crippen LogP contribution in [-0.2, 0) is 11.6 Å². The number of aromatic amines is 1. The predicted molar refractivity (Wildman–Crippen MR) is 66.1 cm³/mol. The zero-order valence-corrected chi connectivity index (χ0v) is 10.7. The van der Waals surface area contributed by atoms with E-state index in [1.54, 1.807) is 0 Å². The highest BCUT2D eigenvalue weighted by Crippen LogP contribution is 2.33. The minimum Gasteiger partial charge on any atom is -0.309 e. The monoisotopic (exact) mass is 270 g/mol. The van der Waals surface area contributed by atoms with Crippen LogP contribution in [0.1, 0.15) is 32.0 Å². The van der Waals surface area contributed by atoms with E-state index in [1.807, 2.05) is 20.8 Å². The van der Waals surface area contributed by atoms with E-state index in [-0.39, 0.29) is 10.9 Å². The predicted octanol–water partition coefficient (Wildman–Crippen LogP) is 3.24. The molecule has 1 N–H and O–H groups in total. The fourth-order valence-electron chi connectivity index (χ4n) is 1.92. The Morgan fingerprint density at radius 1 is 1.16 bits per heavy atom. The number of benzene rings is 1. The maximum atomic E-state index is 12.6. The maximum absolute atomic E-state index is 12.6. The molecule has 0 spiro atoms. The molecule has 1 aromatic heterocycles. The van der Waals surface area contributed by atoms with Crippen molar-refractivity contribution in [1.29, 1.82) is 0 Å². The molecule has 0 saturated heterocycles. The van der Waals surface area contributed by atoms with Gasteiger partial charge in [-0.05, 0) is 12.1 Å². The zero-order valence-electron chi connectivity index (χ0n) is 10.7. The van der Waals surface area contributed by atoms with Crippen molar-refractivity contribution in [3.05, 3.63) is 39.9 Å². The van der Waals surface area contributed by atoms with E-state index in [0.717, 1.165) is 12.1 Å². The summed E-state index contributed by atoms with van der Waals surface area (Å²) in [5.41, 5.74) is -1.20. The molecule has 0 saturated carbocycles. The quantitative estimate of drug-likeness (QED) is 0.798. The smallest absolute Gasteiger partial charge is 0.309 e. The minimum atomic E-state index is -4.44. The molecule has 2 rings (SSSR count). The maximum Gasteiger partial charge on any atom is 0.416 e. The lowest BCUT2D eigenvalue weighted by Crippen LogP contribution is -2.22. The van der Waals surface area contributed by atoms with Gasteiger partial charge in [0.1, 0.15) is 0 Å². The van der Waals surface area contributed by atoms with Gasteiger partial charge >= 0.3 is 11.9 Å². The first-order valence-electron chi connectivity index (χ1n) is 5.71. The van der Waals surface area contributed by atoms with Crippen molar-refractivity contribution in [1.82, 2.24) is 9.97 Å². The van der Waals surface area contributed by atoms with Gasteiger partial charge in [-0.25, -0.2) is 4.79 Å². The fraction of sp³-hybridized carbons (Fsp3) is 0.385. The van der Waals surface area contributed by atoms with E-state index in [1.165, 1.54) is 6.07 Å². The Kier molecular flexibility index (Phi) is 2.91. The molecule has 6 heteroatoms. The first kappa shape index (κ1) is 13.6. The highest BCUT2D eigenvalue weighted by molar-refractivity contribution is 5.82. The Hall–Kier alpha value is -1.85. The molecule has 0 fully saturated rings. The van der Waals surface area contributed by atoms with Crippen LogP contribution < -0.4 is 5.69 Å². The first-order chi connectivity index (χ1) is 8.59. The average molecular weight is 270 g/mol. The van der Waals surface area contributed by atoms with Crippen molar-refractivity contribution >= 4 is 10.9 Å². The third-order valence-corrected chi connectivity index (χ3v) is 2.80. The molecule has 19 heavy (non-hydrogen) atoms. The van der Waals surface area contributed by atoms with E-state index in [2.05, 4.69) is 9.97 Å². The second-order valence-corrected chi connectivity index (χ2v) is 5.40. The Morgan fingerprint density at radius 3 is 2.32 bits per heavy atom. The lowest BCUT2D eigenvalue weighted by atomic mass is 9.89. The number of alkyl halides is 3. The number of rotatable bonds is 0. The summed E-state index contributed by atoms with van der Waals surface area (Å²) >= 11 is 0. The minimum absolute atomic E-state index is 0.0588. The number of aromatic nitrogens is 2. The summed E-state index contributed by atoms with van der Waals surface area (Å²) in [4.78, 5) is 17.7. The van der Waals surface area contributed by atoms with Crippen molar-refractivity contribution in [2.45, 2.75) is 32.4 Å². The van der Waals surface area contributed by atoms with Crippen molar-refractivity contribution in [2.75, 3.05) is 0 Å². The molecule has 0 radical (unpaired) electrons. The van der Waals surface area contributed by atoms with E-state index in [0.29, 0.717) is 11.1 Å². The summed E-state index contributed by atoms with van der Waals surface area (Å²) in [6.45, 7) is 5.61. The fourth-order valence-corrected chi connectivity index (χ4v) is 1.92. The molecule has 0 unspecified atom stereocenters. The Morgan fingerprint density at radius 2 is 1.79 bits per heavy atom. The molecule has 0 aliphatic heterocycles. The molecular weight excluding hydrogens is 257 g/mol. The number of nitrogens with one attached hydrogen (secondary N) is 1. The second kappa shape index (κ2) is 4.08. The van der Waals surface area contributed by atoms with Crippen LogP contribution in [0.4, 0.5) is 13.2 Å². The Balaban J connectivity index is 2.80. The molecule has 102 valence electrons. The molecule has 3 nitrogen and oxygen atoms in total. The topological polar surface area (TPSA) is 45.8 Å². The number of nitrogens with zero attached hydrogens (tertiary/aromatic N) is 1. The van der Waals surface area contributed by atoms with Gasteiger partial charge in [0.2, 0.25) is 0 Å². The van der Waals surface area contributed by atoms with E-state index in [9.17, 15) is 18.0 Å². The Labute approximate surface area is 107 Å². The molecule has 0 aliphatic carbocycles. The third-order valence-electron chi connectivity index (χ3n) is 2.80. The normalized spacial score (nSPS) is 12.9. The van der Waals surface area contributed by atoms with Gasteiger partial charge in [0.05, 0.1) is 11.1 Å². The molecule has 2 aromatic rings. The third kappa shape index (κ3) is 2.62. The number of halogens is 3. The van der Waals surface area contributed by atoms with Gasteiger partial charge in [0.15, 0.2) is 0 Å². The van der Waals surface area contributed by atoms with Crippen LogP contribution in [0, 0.1) is 0 Å². The summed E-state index contributed by atoms with van der Waals surface area (Å²) in [5, 5.41) is 0.528. The van der Waals surface area contributed by atoms with Crippen LogP contribution in [0.15, 0.2) is 23.0 Å². The van der Waals surface area contributed by atoms with Crippen LogP contribution in [0.25, 0.3) is 10.9 Å². The highest BCUT2D eigenvalue weighted by Gasteiger charge is 2.31. The lowest BCUT2D eigenvalue weighted by molar-refractivity contribution is -0.137. The lowest BCUT2D eigenvalue weighted by Gasteiger charge is -2.20. The van der Waals surface area contributed by atoms with E-state index < -0.39 is 17.4 Å². The van der Waals surface area contributed by atoms with Gasteiger partial charge < -0.3 is 4.98 Å². The van der Waals surface area contributed by atoms with Gasteiger partial charge in [-0.2, -0.15) is 18.2 Å². The van der Waals surface area contributed by atoms with Crippen molar-refractivity contribution in [2.24, 2.45) is 0 Å². The highest BCUT2D eigenvalue weighted by atomic mass is 19.4. The average Bonchev–Trinajstić information content (AvgIpc) is 2.24. The number of hydrogen-bond acceptors (Lipinski definition) is 2. The van der Waals surface area contributed by atoms with E-state index >= 15 is 0 Å². The van der Waals surface area contributed by atoms with Crippen LogP contribution in [0.2, 0.25) is 0 Å². The summed E-state index contributed by atoms with van der Waals surface area (Å²) in [6.07, 6.45) is -4.44. The molecule has 0 aliphatic rings. The molecular formula is C13H13F3N2O. The van der Waals surface area contributed by atoms with Gasteiger partial charge in [-0.1, -0.05) is 26.8 Å². The first-order valence-corrected chi connectivity index (χ1v) is 5.71. The summed E-state index contributed by atoms with van der Waals surface area (Å²) in [5.74, 6) is 0. The van der Waals surface area contributed by atoms with E-state index in [4.69, 9.17) is 0 Å². The summed E-state index contributed by atoms with van der Waals surface area (Å²) < 4.78 is 37.9. The standard InChI is InChI=1S/C13H13F3N2O/c1-12(2,3)10-8-5-4-7(13(14,15)16)6-9(8)17-11(19)18-10/h4-6H,1-3H3,(H,17,18,19). The number of hydrogen-bond donors (Lipinski definition) is 1. The van der Waals surface area contributed by atoms with Gasteiger partial charge in [0, 0.05) is 16.5 Å². The van der Waals surface area contributed by atoms with Crippen molar-refractivity contribution < 1.29 is 13.2 Å². The zero-order chi connectivity index (χ0) is 14.4. The molecule has 0 amide bonds. The molecule has 1 heterocycles. The van der Waals surface area contributed by atoms with Gasteiger partial charge in [-0.3, -0.25) is 0 Å². The van der Waals surface area contributed by atoms with Crippen LogP contribution in [0.5, 0.6) is 0 Å². The van der Waals surface area contributed by atoms with Crippen molar-refractivity contribution in [3.8, 4) is 0 Å². The molecule has 1 aromatic carbocycles. The Bertz CT molecular complexity index is 681. The molecule has 0 bridgehead atoms. The van der Waals surface area contributed by atoms with Crippen LogP contribution in [-0.4, -0.2) is 9.97 Å². The number of H-pyrrole nitrogens is 1. The largest absolute Gasteiger partial charge is 0.416 e. The van der Waals surface area contributed by atoms with Crippen LogP contribution in [0.3, 0.4) is 0 Å². The SMILES string of the molecule is CC(C)(C)c1[nH]c(=O)nc2cc(C(F)(F)F)ccc12. The summed E-state index contributed by atoms with van der Waals surface area (Å²) in [6, 6.07) is 3.25. The number of fused-ring (bicyclic) bond motifs is 1. The van der Waals surface area contributed by atoms with Crippen LogP contribution >= 0.6 is 0 Å². The second-order valence-electron chi connectivity index (χ2n) is 5.40. The van der Waals surface area contributed by atoms with Gasteiger partial charge in [0.25, 0.3) is 0 Å². The molecule has 0 atom stereocenters. The van der Waals surface area contributed by atoms with Gasteiger partial charge in [-0.15, -0.1) is 0 Å². The summed E-state index contributed by atoms with van der Waals surface area (Å²) in [7, 11) is 0.